The molecule has 2 N–H and O–H groups in total. The lowest BCUT2D eigenvalue weighted by Gasteiger charge is -2.23. The van der Waals surface area contributed by atoms with Crippen molar-refractivity contribution >= 4 is 5.91 Å². The zero-order valence-electron chi connectivity index (χ0n) is 12.3. The van der Waals surface area contributed by atoms with E-state index in [1.807, 2.05) is 0 Å². The molecular weight excluding hydrogens is 297 g/mol. The van der Waals surface area contributed by atoms with Crippen LogP contribution in [0.15, 0.2) is 24.3 Å². The van der Waals surface area contributed by atoms with Crippen LogP contribution in [0.4, 0.5) is 13.2 Å². The van der Waals surface area contributed by atoms with E-state index >= 15 is 0 Å². The molecule has 1 aliphatic heterocycles. The second-order valence-corrected chi connectivity index (χ2v) is 5.43. The number of amides is 1. The maximum atomic E-state index is 12.9. The Balaban J connectivity index is 2.06. The van der Waals surface area contributed by atoms with Crippen LogP contribution in [0.5, 0.6) is 5.75 Å². The first kappa shape index (κ1) is 16.6. The summed E-state index contributed by atoms with van der Waals surface area (Å²) in [4.78, 5) is 13.8. The fourth-order valence-electron chi connectivity index (χ4n) is 2.53. The first-order valence-corrected chi connectivity index (χ1v) is 7.14. The maximum absolute atomic E-state index is 12.9. The topological polar surface area (TPSA) is 55.6 Å². The highest BCUT2D eigenvalue weighted by Gasteiger charge is 2.35. The highest BCUT2D eigenvalue weighted by Crippen LogP contribution is 2.36. The first-order valence-electron chi connectivity index (χ1n) is 7.14. The molecular formula is C15H19F3N2O2. The van der Waals surface area contributed by atoms with Crippen molar-refractivity contribution in [3.63, 3.8) is 0 Å². The Morgan fingerprint density at radius 1 is 1.45 bits per heavy atom. The number of nitrogens with zero attached hydrogens (tertiary/aromatic N) is 1. The van der Waals surface area contributed by atoms with E-state index in [1.165, 1.54) is 25.1 Å². The Labute approximate surface area is 127 Å². The van der Waals surface area contributed by atoms with Crippen LogP contribution in [0.2, 0.25) is 0 Å². The third kappa shape index (κ3) is 3.71. The van der Waals surface area contributed by atoms with Crippen molar-refractivity contribution < 1.29 is 22.7 Å². The number of carbonyl (C=O) groups is 1. The highest BCUT2D eigenvalue weighted by atomic mass is 19.4. The van der Waals surface area contributed by atoms with Crippen LogP contribution in [-0.4, -0.2) is 36.5 Å². The zero-order chi connectivity index (χ0) is 16.3. The highest BCUT2D eigenvalue weighted by molar-refractivity contribution is 5.81. The second kappa shape index (κ2) is 6.56. The Kier molecular flexibility index (Phi) is 4.95. The van der Waals surface area contributed by atoms with Gasteiger partial charge in [0.25, 0.3) is 5.91 Å². The van der Waals surface area contributed by atoms with E-state index in [4.69, 9.17) is 10.5 Å². The van der Waals surface area contributed by atoms with Crippen LogP contribution < -0.4 is 10.5 Å². The van der Waals surface area contributed by atoms with Crippen molar-refractivity contribution in [2.24, 2.45) is 11.7 Å². The maximum Gasteiger partial charge on any atom is 0.419 e. The molecule has 1 amide bonds. The number of ether oxygens (including phenoxy) is 1. The normalized spacial score (nSPS) is 20.0. The Morgan fingerprint density at radius 3 is 2.73 bits per heavy atom. The molecule has 2 atom stereocenters. The molecule has 1 heterocycles. The summed E-state index contributed by atoms with van der Waals surface area (Å²) < 4.78 is 44.0. The second-order valence-electron chi connectivity index (χ2n) is 5.43. The molecule has 0 radical (unpaired) electrons. The number of halogens is 3. The van der Waals surface area contributed by atoms with Crippen molar-refractivity contribution in [2.45, 2.75) is 25.6 Å². The van der Waals surface area contributed by atoms with E-state index in [0.717, 1.165) is 12.5 Å². The summed E-state index contributed by atoms with van der Waals surface area (Å²) in [7, 11) is 0. The number of para-hydroxylation sites is 1. The summed E-state index contributed by atoms with van der Waals surface area (Å²) in [5.41, 5.74) is 4.69. The third-order valence-corrected chi connectivity index (χ3v) is 3.77. The summed E-state index contributed by atoms with van der Waals surface area (Å²) in [5.74, 6) is -0.392. The molecule has 0 bridgehead atoms. The molecule has 7 heteroatoms. The van der Waals surface area contributed by atoms with Crippen molar-refractivity contribution in [3.8, 4) is 5.75 Å². The lowest BCUT2D eigenvalue weighted by molar-refractivity contribution is -0.143. The predicted molar refractivity (Wildman–Crippen MR) is 75.3 cm³/mol. The Hall–Kier alpha value is -1.76. The van der Waals surface area contributed by atoms with E-state index < -0.39 is 17.8 Å². The van der Waals surface area contributed by atoms with Crippen LogP contribution >= 0.6 is 0 Å². The fourth-order valence-corrected chi connectivity index (χ4v) is 2.53. The largest absolute Gasteiger partial charge is 0.480 e. The molecule has 0 spiro atoms. The molecule has 0 saturated carbocycles. The number of alkyl halides is 3. The van der Waals surface area contributed by atoms with Gasteiger partial charge in [-0.05, 0) is 37.9 Å². The Bertz CT molecular complexity index is 534. The van der Waals surface area contributed by atoms with Crippen molar-refractivity contribution in [1.82, 2.24) is 4.90 Å². The van der Waals surface area contributed by atoms with Crippen LogP contribution in [0.3, 0.4) is 0 Å². The molecule has 22 heavy (non-hydrogen) atoms. The lowest BCUT2D eigenvalue weighted by Crippen LogP contribution is -2.39. The molecule has 0 aliphatic carbocycles. The minimum absolute atomic E-state index is 0.249. The summed E-state index contributed by atoms with van der Waals surface area (Å²) in [6.07, 6.45) is -4.67. The van der Waals surface area contributed by atoms with Crippen LogP contribution in [-0.2, 0) is 11.0 Å². The summed E-state index contributed by atoms with van der Waals surface area (Å²) in [5, 5.41) is 0. The van der Waals surface area contributed by atoms with Crippen molar-refractivity contribution in [1.29, 1.82) is 0 Å². The third-order valence-electron chi connectivity index (χ3n) is 3.77. The lowest BCUT2D eigenvalue weighted by atomic mass is 10.1. The van der Waals surface area contributed by atoms with E-state index in [-0.39, 0.29) is 17.6 Å². The number of rotatable bonds is 4. The van der Waals surface area contributed by atoms with Gasteiger partial charge in [-0.3, -0.25) is 4.79 Å². The number of carbonyl (C=O) groups excluding carboxylic acids is 1. The first-order chi connectivity index (χ1) is 10.3. The van der Waals surface area contributed by atoms with E-state index in [0.29, 0.717) is 19.6 Å². The molecule has 1 aromatic carbocycles. The molecule has 4 nitrogen and oxygen atoms in total. The zero-order valence-corrected chi connectivity index (χ0v) is 12.3. The molecule has 1 aliphatic rings. The van der Waals surface area contributed by atoms with Crippen molar-refractivity contribution in [2.75, 3.05) is 19.6 Å². The Morgan fingerprint density at radius 2 is 2.14 bits per heavy atom. The number of nitrogens with two attached hydrogens (primary N) is 1. The summed E-state index contributed by atoms with van der Waals surface area (Å²) in [6.45, 7) is 3.06. The van der Waals surface area contributed by atoms with Crippen molar-refractivity contribution in [3.05, 3.63) is 29.8 Å². The van der Waals surface area contributed by atoms with Gasteiger partial charge in [-0.2, -0.15) is 13.2 Å². The quantitative estimate of drug-likeness (QED) is 0.927. The number of likely N-dealkylation sites (tertiary alicyclic amines) is 1. The van der Waals surface area contributed by atoms with Gasteiger partial charge in [0.15, 0.2) is 6.10 Å². The van der Waals surface area contributed by atoms with E-state index in [1.54, 1.807) is 4.90 Å². The van der Waals surface area contributed by atoms with Gasteiger partial charge in [-0.25, -0.2) is 0 Å². The molecule has 2 unspecified atom stereocenters. The van der Waals surface area contributed by atoms with Gasteiger partial charge in [-0.15, -0.1) is 0 Å². The molecule has 1 fully saturated rings. The molecule has 122 valence electrons. The van der Waals surface area contributed by atoms with Gasteiger partial charge in [0.05, 0.1) is 5.56 Å². The number of hydrogen-bond donors (Lipinski definition) is 1. The van der Waals surface area contributed by atoms with Gasteiger partial charge in [0, 0.05) is 13.1 Å². The predicted octanol–water partition coefficient (Wildman–Crippen LogP) is 2.28. The van der Waals surface area contributed by atoms with Gasteiger partial charge < -0.3 is 15.4 Å². The standard InChI is InChI=1S/C15H19F3N2O2/c1-10(14(21)20-7-6-11(8-19)9-20)22-13-5-3-2-4-12(13)15(16,17)18/h2-5,10-11H,6-9,19H2,1H3. The van der Waals surface area contributed by atoms with Crippen LogP contribution in [0, 0.1) is 5.92 Å². The van der Waals surface area contributed by atoms with Crippen LogP contribution in [0.25, 0.3) is 0 Å². The van der Waals surface area contributed by atoms with Gasteiger partial charge in [-0.1, -0.05) is 12.1 Å². The average Bonchev–Trinajstić information content (AvgIpc) is 2.94. The van der Waals surface area contributed by atoms with E-state index in [9.17, 15) is 18.0 Å². The van der Waals surface area contributed by atoms with Crippen LogP contribution in [0.1, 0.15) is 18.9 Å². The van der Waals surface area contributed by atoms with Gasteiger partial charge in [0.1, 0.15) is 5.75 Å². The molecule has 1 saturated heterocycles. The molecule has 1 aromatic rings. The summed E-state index contributed by atoms with van der Waals surface area (Å²) in [6, 6.07) is 4.89. The smallest absolute Gasteiger partial charge is 0.419 e. The van der Waals surface area contributed by atoms with Gasteiger partial charge >= 0.3 is 6.18 Å². The molecule has 0 aromatic heterocycles. The van der Waals surface area contributed by atoms with Gasteiger partial charge in [0.2, 0.25) is 0 Å². The number of hydrogen-bond acceptors (Lipinski definition) is 3. The number of benzene rings is 1. The summed E-state index contributed by atoms with van der Waals surface area (Å²) >= 11 is 0. The minimum atomic E-state index is -4.52. The minimum Gasteiger partial charge on any atom is -0.480 e. The molecule has 2 rings (SSSR count). The SMILES string of the molecule is CC(Oc1ccccc1C(F)(F)F)C(=O)N1CCC(CN)C1. The average molecular weight is 316 g/mol. The van der Waals surface area contributed by atoms with E-state index in [2.05, 4.69) is 0 Å². The fraction of sp³-hybridized carbons (Fsp3) is 0.533. The monoisotopic (exact) mass is 316 g/mol.